The van der Waals surface area contributed by atoms with Gasteiger partial charge in [0.2, 0.25) is 5.91 Å². The van der Waals surface area contributed by atoms with Crippen molar-refractivity contribution >= 4 is 16.8 Å². The van der Waals surface area contributed by atoms with E-state index in [1.165, 1.54) is 0 Å². The highest BCUT2D eigenvalue weighted by Gasteiger charge is 2.40. The van der Waals surface area contributed by atoms with Crippen LogP contribution in [0.25, 0.3) is 10.9 Å². The van der Waals surface area contributed by atoms with Crippen molar-refractivity contribution in [2.75, 3.05) is 20.8 Å². The maximum atomic E-state index is 13.4. The van der Waals surface area contributed by atoms with Crippen molar-refractivity contribution < 1.29 is 14.3 Å². The van der Waals surface area contributed by atoms with Gasteiger partial charge in [-0.2, -0.15) is 0 Å². The smallest absolute Gasteiger partial charge is 0.254 e. The van der Waals surface area contributed by atoms with Crippen molar-refractivity contribution in [3.8, 4) is 11.5 Å². The number of methoxy groups -OCH3 is 2. The predicted molar refractivity (Wildman–Crippen MR) is 124 cm³/mol. The number of aromatic amines is 1. The molecule has 1 atom stereocenters. The monoisotopic (exact) mass is 432 g/mol. The molecule has 0 spiro atoms. The molecule has 2 aromatic carbocycles. The van der Waals surface area contributed by atoms with Crippen molar-refractivity contribution in [1.82, 2.24) is 9.88 Å². The molecule has 1 N–H and O–H groups in total. The number of aromatic nitrogens is 1. The number of ether oxygens (including phenoxy) is 2. The molecule has 166 valence electrons. The summed E-state index contributed by atoms with van der Waals surface area (Å²) in [5.74, 6) is 1.46. The maximum Gasteiger partial charge on any atom is 0.254 e. The summed E-state index contributed by atoms with van der Waals surface area (Å²) in [5.41, 5.74) is 5.47. The van der Waals surface area contributed by atoms with E-state index in [9.17, 15) is 9.59 Å². The van der Waals surface area contributed by atoms with Crippen LogP contribution in [0.15, 0.2) is 35.1 Å². The topological polar surface area (TPSA) is 71.6 Å². The number of H-pyrrole nitrogens is 1. The lowest BCUT2D eigenvalue weighted by Gasteiger charge is -2.38. The molecule has 0 radical (unpaired) electrons. The summed E-state index contributed by atoms with van der Waals surface area (Å²) in [4.78, 5) is 31.6. The number of carbonyl (C=O) groups is 1. The van der Waals surface area contributed by atoms with Crippen LogP contribution < -0.4 is 15.0 Å². The van der Waals surface area contributed by atoms with Gasteiger partial charge in [-0.25, -0.2) is 0 Å². The zero-order chi connectivity index (χ0) is 22.6. The van der Waals surface area contributed by atoms with Crippen molar-refractivity contribution in [3.63, 3.8) is 0 Å². The van der Waals surface area contributed by atoms with Crippen molar-refractivity contribution in [2.24, 2.45) is 5.92 Å². The van der Waals surface area contributed by atoms with Crippen LogP contribution in [-0.2, 0) is 11.2 Å². The van der Waals surface area contributed by atoms with E-state index < -0.39 is 6.04 Å². The predicted octanol–water partition coefficient (Wildman–Crippen LogP) is 4.05. The van der Waals surface area contributed by atoms with Crippen LogP contribution in [0, 0.1) is 19.8 Å². The zero-order valence-corrected chi connectivity index (χ0v) is 19.0. The molecule has 0 bridgehead atoms. The quantitative estimate of drug-likeness (QED) is 0.675. The number of aryl methyl sites for hydroxylation is 2. The Balaban J connectivity index is 1.73. The summed E-state index contributed by atoms with van der Waals surface area (Å²) in [5, 5.41) is 0.967. The van der Waals surface area contributed by atoms with Crippen LogP contribution in [0.2, 0.25) is 0 Å². The highest BCUT2D eigenvalue weighted by Crippen LogP contribution is 2.43. The Morgan fingerprint density at radius 2 is 1.75 bits per heavy atom. The summed E-state index contributed by atoms with van der Waals surface area (Å²) in [6.45, 7) is 4.63. The number of benzene rings is 2. The molecular weight excluding hydrogens is 404 g/mol. The van der Waals surface area contributed by atoms with Gasteiger partial charge in [-0.1, -0.05) is 12.1 Å². The molecule has 6 heteroatoms. The molecule has 1 fully saturated rings. The fraction of sp³-hybridized carbons (Fsp3) is 0.385. The highest BCUT2D eigenvalue weighted by molar-refractivity contribution is 5.85. The number of amides is 1. The first-order valence-electron chi connectivity index (χ1n) is 11.1. The van der Waals surface area contributed by atoms with Gasteiger partial charge in [0.05, 0.1) is 25.8 Å². The van der Waals surface area contributed by atoms with Crippen molar-refractivity contribution in [3.05, 3.63) is 68.5 Å². The Bertz CT molecular complexity index is 1290. The minimum absolute atomic E-state index is 0.0728. The first kappa shape index (κ1) is 20.6. The van der Waals surface area contributed by atoms with E-state index in [2.05, 4.69) is 11.1 Å². The Labute approximate surface area is 187 Å². The van der Waals surface area contributed by atoms with Gasteiger partial charge in [0.15, 0.2) is 11.5 Å². The lowest BCUT2D eigenvalue weighted by atomic mass is 9.87. The Kier molecular flexibility index (Phi) is 4.96. The first-order chi connectivity index (χ1) is 15.4. The number of nitrogens with zero attached hydrogens (tertiary/aromatic N) is 1. The van der Waals surface area contributed by atoms with Gasteiger partial charge in [0.25, 0.3) is 5.56 Å². The average Bonchev–Trinajstić information content (AvgIpc) is 3.65. The number of hydrogen-bond acceptors (Lipinski definition) is 4. The van der Waals surface area contributed by atoms with Crippen LogP contribution in [0.5, 0.6) is 11.5 Å². The first-order valence-corrected chi connectivity index (χ1v) is 11.1. The molecule has 5 rings (SSSR count). The van der Waals surface area contributed by atoms with Crippen LogP contribution in [0.3, 0.4) is 0 Å². The van der Waals surface area contributed by atoms with Crippen LogP contribution in [0.1, 0.15) is 46.7 Å². The molecule has 1 saturated carbocycles. The molecule has 2 heterocycles. The fourth-order valence-electron chi connectivity index (χ4n) is 4.83. The van der Waals surface area contributed by atoms with Gasteiger partial charge in [0, 0.05) is 18.0 Å². The summed E-state index contributed by atoms with van der Waals surface area (Å²) < 4.78 is 11.1. The van der Waals surface area contributed by atoms with E-state index in [0.29, 0.717) is 30.0 Å². The van der Waals surface area contributed by atoms with Crippen molar-refractivity contribution in [2.45, 2.75) is 39.2 Å². The van der Waals surface area contributed by atoms with Crippen LogP contribution in [0.4, 0.5) is 0 Å². The Morgan fingerprint density at radius 3 is 2.44 bits per heavy atom. The molecule has 32 heavy (non-hydrogen) atoms. The van der Waals surface area contributed by atoms with Crippen LogP contribution >= 0.6 is 0 Å². The molecule has 6 nitrogen and oxygen atoms in total. The second-order valence-corrected chi connectivity index (χ2v) is 8.89. The molecule has 3 aromatic rings. The number of nitrogens with one attached hydrogen (secondary N) is 1. The Morgan fingerprint density at radius 1 is 1.03 bits per heavy atom. The summed E-state index contributed by atoms with van der Waals surface area (Å²) in [6.07, 6.45) is 2.56. The number of hydrogen-bond donors (Lipinski definition) is 1. The van der Waals surface area contributed by atoms with E-state index in [0.717, 1.165) is 46.0 Å². The van der Waals surface area contributed by atoms with Crippen molar-refractivity contribution in [1.29, 1.82) is 0 Å². The van der Waals surface area contributed by atoms with E-state index in [-0.39, 0.29) is 17.4 Å². The van der Waals surface area contributed by atoms with Gasteiger partial charge in [-0.15, -0.1) is 0 Å². The van der Waals surface area contributed by atoms with Gasteiger partial charge < -0.3 is 19.4 Å². The molecule has 1 aromatic heterocycles. The number of fused-ring (bicyclic) bond motifs is 2. The minimum atomic E-state index is -0.457. The summed E-state index contributed by atoms with van der Waals surface area (Å²) >= 11 is 0. The van der Waals surface area contributed by atoms with Crippen LogP contribution in [-0.4, -0.2) is 36.6 Å². The third-order valence-corrected chi connectivity index (χ3v) is 6.96. The zero-order valence-electron chi connectivity index (χ0n) is 19.0. The van der Waals surface area contributed by atoms with E-state index in [4.69, 9.17) is 9.47 Å². The van der Waals surface area contributed by atoms with Gasteiger partial charge in [-0.05, 0) is 78.9 Å². The third-order valence-electron chi connectivity index (χ3n) is 6.96. The molecule has 0 saturated heterocycles. The second kappa shape index (κ2) is 7.69. The molecule has 1 amide bonds. The maximum absolute atomic E-state index is 13.4. The van der Waals surface area contributed by atoms with Gasteiger partial charge in [-0.3, -0.25) is 9.59 Å². The standard InChI is InChI=1S/C26H28N2O4/c1-14-5-6-18-11-20(25(29)27-23(18)15(14)2)24-19-13-22(32-4)21(31-3)12-17(19)9-10-28(24)26(30)16-7-8-16/h5-6,11-13,16,24H,7-10H2,1-4H3,(H,27,29)/t24-/m0/s1. The molecule has 1 aliphatic heterocycles. The second-order valence-electron chi connectivity index (χ2n) is 8.89. The normalized spacial score (nSPS) is 17.9. The van der Waals surface area contributed by atoms with E-state index in [1.54, 1.807) is 14.2 Å². The molecule has 1 aliphatic carbocycles. The lowest BCUT2D eigenvalue weighted by Crippen LogP contribution is -2.43. The minimum Gasteiger partial charge on any atom is -0.493 e. The van der Waals surface area contributed by atoms with E-state index in [1.807, 2.05) is 43.0 Å². The summed E-state index contributed by atoms with van der Waals surface area (Å²) in [7, 11) is 3.22. The summed E-state index contributed by atoms with van der Waals surface area (Å²) in [6, 6.07) is 9.49. The number of rotatable bonds is 4. The average molecular weight is 433 g/mol. The van der Waals surface area contributed by atoms with Gasteiger partial charge in [0.1, 0.15) is 0 Å². The Hall–Kier alpha value is -3.28. The number of pyridine rings is 1. The molecular formula is C26H28N2O4. The lowest BCUT2D eigenvalue weighted by molar-refractivity contribution is -0.134. The van der Waals surface area contributed by atoms with E-state index >= 15 is 0 Å². The fourth-order valence-corrected chi connectivity index (χ4v) is 4.83. The van der Waals surface area contributed by atoms with Gasteiger partial charge >= 0.3 is 0 Å². The largest absolute Gasteiger partial charge is 0.493 e. The highest BCUT2D eigenvalue weighted by atomic mass is 16.5. The number of carbonyl (C=O) groups excluding carboxylic acids is 1. The SMILES string of the molecule is COc1cc2c(cc1OC)[C@@H](c1cc3ccc(C)c(C)c3[nH]c1=O)N(C(=O)C1CC1)CC2. The molecule has 0 unspecified atom stereocenters. The molecule has 2 aliphatic rings. The third kappa shape index (κ3) is 3.25.